The van der Waals surface area contributed by atoms with Gasteiger partial charge in [0.2, 0.25) is 0 Å². The summed E-state index contributed by atoms with van der Waals surface area (Å²) in [5.74, 6) is 0.0319. The second kappa shape index (κ2) is 10.3. The van der Waals surface area contributed by atoms with Crippen molar-refractivity contribution in [2.75, 3.05) is 39.2 Å². The Morgan fingerprint density at radius 3 is 2.27 bits per heavy atom. The van der Waals surface area contributed by atoms with Crippen molar-refractivity contribution < 1.29 is 27.4 Å². The Kier molecular flexibility index (Phi) is 8.11. The molecular formula is C22H27F3N2O3. The molecule has 0 bridgehead atoms. The largest absolute Gasteiger partial charge is 0.493 e. The molecule has 0 aliphatic rings. The van der Waals surface area contributed by atoms with Crippen molar-refractivity contribution in [3.63, 3.8) is 0 Å². The van der Waals surface area contributed by atoms with Gasteiger partial charge in [-0.05, 0) is 57.3 Å². The first kappa shape index (κ1) is 23.5. The molecule has 0 aliphatic carbocycles. The lowest BCUT2D eigenvalue weighted by molar-refractivity contribution is -0.138. The maximum Gasteiger partial charge on any atom is 0.416 e. The fourth-order valence-electron chi connectivity index (χ4n) is 2.72. The normalized spacial score (nSPS) is 11.5. The summed E-state index contributed by atoms with van der Waals surface area (Å²) in [6, 6.07) is 8.67. The summed E-state index contributed by atoms with van der Waals surface area (Å²) in [7, 11) is 3.79. The summed E-state index contributed by atoms with van der Waals surface area (Å²) in [6.07, 6.45) is -3.77. The van der Waals surface area contributed by atoms with E-state index in [2.05, 4.69) is 5.32 Å². The van der Waals surface area contributed by atoms with Gasteiger partial charge in [0.15, 0.2) is 0 Å². The van der Waals surface area contributed by atoms with E-state index in [-0.39, 0.29) is 16.8 Å². The Morgan fingerprint density at radius 2 is 1.70 bits per heavy atom. The third kappa shape index (κ3) is 6.38. The summed E-state index contributed by atoms with van der Waals surface area (Å²) in [5.41, 5.74) is -0.514. The van der Waals surface area contributed by atoms with Crippen molar-refractivity contribution in [1.82, 2.24) is 4.90 Å². The van der Waals surface area contributed by atoms with Gasteiger partial charge in [-0.15, -0.1) is 0 Å². The molecule has 0 aromatic heterocycles. The zero-order chi connectivity index (χ0) is 22.3. The molecule has 0 unspecified atom stereocenters. The average molecular weight is 424 g/mol. The van der Waals surface area contributed by atoms with Gasteiger partial charge < -0.3 is 19.7 Å². The minimum absolute atomic E-state index is 0.0439. The van der Waals surface area contributed by atoms with Crippen LogP contribution in [0.15, 0.2) is 36.4 Å². The van der Waals surface area contributed by atoms with Crippen LogP contribution in [0.3, 0.4) is 0 Å². The highest BCUT2D eigenvalue weighted by molar-refractivity contribution is 6.08. The monoisotopic (exact) mass is 424 g/mol. The predicted octanol–water partition coefficient (Wildman–Crippen LogP) is 5.00. The van der Waals surface area contributed by atoms with E-state index in [9.17, 15) is 18.0 Å². The molecule has 0 aliphatic heterocycles. The van der Waals surface area contributed by atoms with Crippen LogP contribution in [0.2, 0.25) is 0 Å². The number of aryl methyl sites for hydroxylation is 1. The van der Waals surface area contributed by atoms with Gasteiger partial charge in [-0.25, -0.2) is 0 Å². The Bertz CT molecular complexity index is 867. The number of carbonyl (C=O) groups excluding carboxylic acids is 1. The topological polar surface area (TPSA) is 50.8 Å². The lowest BCUT2D eigenvalue weighted by Gasteiger charge is -2.18. The molecule has 2 rings (SSSR count). The third-order valence-corrected chi connectivity index (χ3v) is 4.27. The lowest BCUT2D eigenvalue weighted by Crippen LogP contribution is -2.21. The summed E-state index contributed by atoms with van der Waals surface area (Å²) in [4.78, 5) is 14.9. The number of hydrogen-bond donors (Lipinski definition) is 1. The second-order valence-electron chi connectivity index (χ2n) is 7.11. The highest BCUT2D eigenvalue weighted by Crippen LogP contribution is 2.34. The molecule has 30 heavy (non-hydrogen) atoms. The van der Waals surface area contributed by atoms with Gasteiger partial charge in [0, 0.05) is 12.2 Å². The molecular weight excluding hydrogens is 397 g/mol. The van der Waals surface area contributed by atoms with Gasteiger partial charge >= 0.3 is 6.18 Å². The van der Waals surface area contributed by atoms with Crippen LogP contribution in [0, 0.1) is 6.92 Å². The number of hydrogen-bond acceptors (Lipinski definition) is 4. The second-order valence-corrected chi connectivity index (χ2v) is 7.11. The Balaban J connectivity index is 2.34. The van der Waals surface area contributed by atoms with E-state index in [0.29, 0.717) is 31.3 Å². The zero-order valence-corrected chi connectivity index (χ0v) is 17.6. The number of nitrogens with one attached hydrogen (secondary N) is 1. The molecule has 2 aromatic carbocycles. The Morgan fingerprint density at radius 1 is 1.07 bits per heavy atom. The van der Waals surface area contributed by atoms with E-state index >= 15 is 0 Å². The number of amides is 1. The maximum absolute atomic E-state index is 13.2. The van der Waals surface area contributed by atoms with Crippen LogP contribution < -0.4 is 14.8 Å². The molecule has 0 atom stereocenters. The summed E-state index contributed by atoms with van der Waals surface area (Å²) < 4.78 is 51.1. The maximum atomic E-state index is 13.2. The smallest absolute Gasteiger partial charge is 0.416 e. The number of benzene rings is 2. The molecule has 1 amide bonds. The summed E-state index contributed by atoms with van der Waals surface area (Å²) >= 11 is 0. The van der Waals surface area contributed by atoms with Crippen molar-refractivity contribution in [3.05, 3.63) is 53.1 Å². The molecule has 0 spiro atoms. The standard InChI is InChI=1S/C22H27F3N2O3/c1-5-12-29-18-7-6-8-19(30-13-11-27(3)4)20(18)21(28)26-16-10-9-15(2)17(14-16)22(23,24)25/h6-10,14H,5,11-13H2,1-4H3,(H,26,28). The number of likely N-dealkylation sites (N-methyl/N-ethyl adjacent to an activating group) is 1. The van der Waals surface area contributed by atoms with Gasteiger partial charge in [0.1, 0.15) is 23.7 Å². The number of carbonyl (C=O) groups is 1. The Labute approximate surface area is 174 Å². The first-order valence-electron chi connectivity index (χ1n) is 9.66. The van der Waals surface area contributed by atoms with Gasteiger partial charge in [0.25, 0.3) is 5.91 Å². The van der Waals surface area contributed by atoms with Crippen LogP contribution in [-0.4, -0.2) is 44.7 Å². The minimum Gasteiger partial charge on any atom is -0.493 e. The molecule has 164 valence electrons. The molecule has 0 saturated carbocycles. The van der Waals surface area contributed by atoms with E-state index in [4.69, 9.17) is 9.47 Å². The summed E-state index contributed by atoms with van der Waals surface area (Å²) in [5, 5.41) is 2.54. The quantitative estimate of drug-likeness (QED) is 0.616. The van der Waals surface area contributed by atoms with E-state index in [1.807, 2.05) is 25.9 Å². The van der Waals surface area contributed by atoms with Crippen LogP contribution in [0.4, 0.5) is 18.9 Å². The van der Waals surface area contributed by atoms with Gasteiger partial charge in [-0.1, -0.05) is 19.1 Å². The first-order valence-corrected chi connectivity index (χ1v) is 9.66. The van der Waals surface area contributed by atoms with E-state index < -0.39 is 17.6 Å². The van der Waals surface area contributed by atoms with Crippen LogP contribution in [-0.2, 0) is 6.18 Å². The predicted molar refractivity (Wildman–Crippen MR) is 110 cm³/mol. The number of nitrogens with zero attached hydrogens (tertiary/aromatic N) is 1. The number of alkyl halides is 3. The number of rotatable bonds is 9. The van der Waals surface area contributed by atoms with Gasteiger partial charge in [0.05, 0.1) is 12.2 Å². The number of anilines is 1. The van der Waals surface area contributed by atoms with Crippen molar-refractivity contribution in [1.29, 1.82) is 0 Å². The van der Waals surface area contributed by atoms with Crippen molar-refractivity contribution in [3.8, 4) is 11.5 Å². The molecule has 5 nitrogen and oxygen atoms in total. The zero-order valence-electron chi connectivity index (χ0n) is 17.6. The van der Waals surface area contributed by atoms with Crippen molar-refractivity contribution >= 4 is 11.6 Å². The molecule has 2 aromatic rings. The average Bonchev–Trinajstić information content (AvgIpc) is 2.66. The molecule has 0 saturated heterocycles. The van der Waals surface area contributed by atoms with E-state index in [1.54, 1.807) is 18.2 Å². The molecule has 0 fully saturated rings. The first-order chi connectivity index (χ1) is 14.1. The van der Waals surface area contributed by atoms with E-state index in [1.165, 1.54) is 19.1 Å². The fourth-order valence-corrected chi connectivity index (χ4v) is 2.72. The molecule has 1 N–H and O–H groups in total. The van der Waals surface area contributed by atoms with Gasteiger partial charge in [-0.2, -0.15) is 13.2 Å². The van der Waals surface area contributed by atoms with Crippen molar-refractivity contribution in [2.24, 2.45) is 0 Å². The SMILES string of the molecule is CCCOc1cccc(OCCN(C)C)c1C(=O)Nc1ccc(C)c(C(F)(F)F)c1. The third-order valence-electron chi connectivity index (χ3n) is 4.27. The molecule has 0 radical (unpaired) electrons. The minimum atomic E-state index is -4.51. The van der Waals surface area contributed by atoms with Gasteiger partial charge in [-0.3, -0.25) is 4.79 Å². The number of ether oxygens (including phenoxy) is 2. The molecule has 8 heteroatoms. The van der Waals surface area contributed by atoms with Crippen LogP contribution in [0.25, 0.3) is 0 Å². The van der Waals surface area contributed by atoms with Crippen LogP contribution in [0.5, 0.6) is 11.5 Å². The lowest BCUT2D eigenvalue weighted by atomic mass is 10.1. The van der Waals surface area contributed by atoms with Crippen molar-refractivity contribution in [2.45, 2.75) is 26.4 Å². The summed E-state index contributed by atoms with van der Waals surface area (Å²) in [6.45, 7) is 4.67. The Hall–Kier alpha value is -2.74. The van der Waals surface area contributed by atoms with Crippen LogP contribution in [0.1, 0.15) is 34.8 Å². The van der Waals surface area contributed by atoms with E-state index in [0.717, 1.165) is 12.5 Å². The fraction of sp³-hybridized carbons (Fsp3) is 0.409. The molecule has 0 heterocycles. The number of halogens is 3. The highest BCUT2D eigenvalue weighted by atomic mass is 19.4. The van der Waals surface area contributed by atoms with Crippen LogP contribution >= 0.6 is 0 Å². The highest BCUT2D eigenvalue weighted by Gasteiger charge is 2.32.